The SMILES string of the molecule is CCc1ccc(CC)c(C(=O)COC(=O)C2CCN(C(=O)OC(C)(C)C)CC2)c1. The third kappa shape index (κ3) is 6.58. The third-order valence-electron chi connectivity index (χ3n) is 5.09. The van der Waals surface area contributed by atoms with Crippen LogP contribution in [0.4, 0.5) is 4.79 Å². The Kier molecular flexibility index (Phi) is 7.82. The predicted molar refractivity (Wildman–Crippen MR) is 111 cm³/mol. The molecule has 2 rings (SSSR count). The maximum absolute atomic E-state index is 12.6. The molecule has 0 spiro atoms. The Morgan fingerprint density at radius 2 is 1.72 bits per heavy atom. The van der Waals surface area contributed by atoms with Crippen LogP contribution in [0.5, 0.6) is 0 Å². The van der Waals surface area contributed by atoms with Crippen LogP contribution in [-0.2, 0) is 27.1 Å². The normalized spacial score (nSPS) is 15.1. The van der Waals surface area contributed by atoms with Gasteiger partial charge in [-0.1, -0.05) is 26.0 Å². The Morgan fingerprint density at radius 1 is 1.07 bits per heavy atom. The second-order valence-electron chi connectivity index (χ2n) is 8.47. The predicted octanol–water partition coefficient (Wildman–Crippen LogP) is 4.18. The van der Waals surface area contributed by atoms with Gasteiger partial charge in [0.1, 0.15) is 5.60 Å². The molecule has 0 radical (unpaired) electrons. The van der Waals surface area contributed by atoms with Crippen LogP contribution in [0.2, 0.25) is 0 Å². The first-order valence-electron chi connectivity index (χ1n) is 10.4. The van der Waals surface area contributed by atoms with Crippen LogP contribution in [0.3, 0.4) is 0 Å². The van der Waals surface area contributed by atoms with E-state index in [4.69, 9.17) is 9.47 Å². The van der Waals surface area contributed by atoms with Crippen molar-refractivity contribution in [1.29, 1.82) is 0 Å². The van der Waals surface area contributed by atoms with E-state index in [2.05, 4.69) is 0 Å². The smallest absolute Gasteiger partial charge is 0.410 e. The number of Topliss-reactive ketones (excluding diaryl/α,β-unsaturated/α-hetero) is 1. The van der Waals surface area contributed by atoms with Gasteiger partial charge in [-0.3, -0.25) is 9.59 Å². The number of ether oxygens (including phenoxy) is 2. The first-order chi connectivity index (χ1) is 13.6. The van der Waals surface area contributed by atoms with Crippen molar-refractivity contribution in [3.63, 3.8) is 0 Å². The van der Waals surface area contributed by atoms with Crippen molar-refractivity contribution >= 4 is 17.8 Å². The van der Waals surface area contributed by atoms with E-state index >= 15 is 0 Å². The molecule has 0 N–H and O–H groups in total. The molecule has 1 heterocycles. The highest BCUT2D eigenvalue weighted by Crippen LogP contribution is 2.21. The summed E-state index contributed by atoms with van der Waals surface area (Å²) >= 11 is 0. The van der Waals surface area contributed by atoms with Crippen LogP contribution >= 0.6 is 0 Å². The van der Waals surface area contributed by atoms with Gasteiger partial charge in [0.25, 0.3) is 0 Å². The monoisotopic (exact) mass is 403 g/mol. The summed E-state index contributed by atoms with van der Waals surface area (Å²) in [4.78, 5) is 38.7. The molecule has 0 aromatic heterocycles. The van der Waals surface area contributed by atoms with Gasteiger partial charge in [-0.25, -0.2) is 4.79 Å². The summed E-state index contributed by atoms with van der Waals surface area (Å²) in [5.74, 6) is -0.835. The zero-order valence-electron chi connectivity index (χ0n) is 18.2. The number of nitrogens with zero attached hydrogens (tertiary/aromatic N) is 1. The van der Waals surface area contributed by atoms with E-state index in [1.807, 2.05) is 52.8 Å². The van der Waals surface area contributed by atoms with Gasteiger partial charge < -0.3 is 14.4 Å². The van der Waals surface area contributed by atoms with E-state index in [1.165, 1.54) is 0 Å². The molecule has 1 aliphatic heterocycles. The van der Waals surface area contributed by atoms with E-state index in [1.54, 1.807) is 4.90 Å². The van der Waals surface area contributed by atoms with Crippen LogP contribution in [0.25, 0.3) is 0 Å². The third-order valence-corrected chi connectivity index (χ3v) is 5.09. The van der Waals surface area contributed by atoms with Crippen molar-refractivity contribution in [3.8, 4) is 0 Å². The highest BCUT2D eigenvalue weighted by atomic mass is 16.6. The lowest BCUT2D eigenvalue weighted by molar-refractivity contribution is -0.149. The minimum Gasteiger partial charge on any atom is -0.457 e. The average molecular weight is 404 g/mol. The minimum atomic E-state index is -0.542. The molecule has 160 valence electrons. The van der Waals surface area contributed by atoms with Gasteiger partial charge in [0.05, 0.1) is 5.92 Å². The van der Waals surface area contributed by atoms with Crippen molar-refractivity contribution in [2.45, 2.75) is 65.9 Å². The molecule has 1 aliphatic rings. The summed E-state index contributed by atoms with van der Waals surface area (Å²) in [7, 11) is 0. The van der Waals surface area contributed by atoms with Gasteiger partial charge in [0.2, 0.25) is 5.78 Å². The lowest BCUT2D eigenvalue weighted by Crippen LogP contribution is -2.43. The van der Waals surface area contributed by atoms with Crippen molar-refractivity contribution in [1.82, 2.24) is 4.90 Å². The molecule has 0 unspecified atom stereocenters. The van der Waals surface area contributed by atoms with Crippen LogP contribution in [0.1, 0.15) is 68.9 Å². The van der Waals surface area contributed by atoms with Gasteiger partial charge in [-0.15, -0.1) is 0 Å². The number of piperidine rings is 1. The molecule has 29 heavy (non-hydrogen) atoms. The minimum absolute atomic E-state index is 0.170. The second kappa shape index (κ2) is 9.90. The summed E-state index contributed by atoms with van der Waals surface area (Å²) in [5.41, 5.74) is 2.15. The molecule has 1 aromatic carbocycles. The largest absolute Gasteiger partial charge is 0.457 e. The summed E-state index contributed by atoms with van der Waals surface area (Å²) in [6.07, 6.45) is 2.26. The van der Waals surface area contributed by atoms with Gasteiger partial charge in [0.15, 0.2) is 6.61 Å². The Balaban J connectivity index is 1.86. The van der Waals surface area contributed by atoms with Crippen LogP contribution in [0.15, 0.2) is 18.2 Å². The molecule has 0 bridgehead atoms. The number of carbonyl (C=O) groups excluding carboxylic acids is 3. The van der Waals surface area contributed by atoms with Gasteiger partial charge in [-0.05, 0) is 63.6 Å². The first kappa shape index (κ1) is 22.9. The number of ketones is 1. The number of likely N-dealkylation sites (tertiary alicyclic amines) is 1. The number of carbonyl (C=O) groups is 3. The van der Waals surface area contributed by atoms with Crippen molar-refractivity contribution in [3.05, 3.63) is 34.9 Å². The van der Waals surface area contributed by atoms with E-state index in [0.717, 1.165) is 24.0 Å². The molecular weight excluding hydrogens is 370 g/mol. The molecule has 1 aromatic rings. The lowest BCUT2D eigenvalue weighted by Gasteiger charge is -2.32. The molecular formula is C23H33NO5. The Bertz CT molecular complexity index is 742. The van der Waals surface area contributed by atoms with Gasteiger partial charge >= 0.3 is 12.1 Å². The maximum Gasteiger partial charge on any atom is 0.410 e. The fraction of sp³-hybridized carbons (Fsp3) is 0.609. The second-order valence-corrected chi connectivity index (χ2v) is 8.47. The van der Waals surface area contributed by atoms with E-state index in [-0.39, 0.29) is 30.4 Å². The molecule has 1 fully saturated rings. The van der Waals surface area contributed by atoms with Crippen LogP contribution in [-0.4, -0.2) is 48.0 Å². The number of esters is 1. The van der Waals surface area contributed by atoms with Crippen LogP contribution in [0, 0.1) is 5.92 Å². The lowest BCUT2D eigenvalue weighted by atomic mass is 9.97. The zero-order valence-corrected chi connectivity index (χ0v) is 18.2. The molecule has 6 heteroatoms. The highest BCUT2D eigenvalue weighted by molar-refractivity contribution is 5.99. The molecule has 1 amide bonds. The summed E-state index contributed by atoms with van der Waals surface area (Å²) < 4.78 is 10.7. The summed E-state index contributed by atoms with van der Waals surface area (Å²) in [6.45, 7) is 10.2. The fourth-order valence-electron chi connectivity index (χ4n) is 3.37. The summed E-state index contributed by atoms with van der Waals surface area (Å²) in [5, 5.41) is 0. The molecule has 0 aliphatic carbocycles. The fourth-order valence-corrected chi connectivity index (χ4v) is 3.37. The van der Waals surface area contributed by atoms with Gasteiger partial charge in [0, 0.05) is 18.7 Å². The Hall–Kier alpha value is -2.37. The Labute approximate surface area is 173 Å². The first-order valence-corrected chi connectivity index (χ1v) is 10.4. The quantitative estimate of drug-likeness (QED) is 0.526. The van der Waals surface area contributed by atoms with E-state index < -0.39 is 5.60 Å². The average Bonchev–Trinajstić information content (AvgIpc) is 2.70. The number of rotatable bonds is 6. The molecule has 1 saturated heterocycles. The van der Waals surface area contributed by atoms with Crippen LogP contribution < -0.4 is 0 Å². The zero-order chi connectivity index (χ0) is 21.6. The maximum atomic E-state index is 12.6. The van der Waals surface area contributed by atoms with Crippen molar-refractivity contribution < 1.29 is 23.9 Å². The highest BCUT2D eigenvalue weighted by Gasteiger charge is 2.31. The molecule has 0 saturated carbocycles. The van der Waals surface area contributed by atoms with Crippen molar-refractivity contribution in [2.24, 2.45) is 5.92 Å². The van der Waals surface area contributed by atoms with E-state index in [9.17, 15) is 14.4 Å². The topological polar surface area (TPSA) is 72.9 Å². The number of aryl methyl sites for hydroxylation is 2. The van der Waals surface area contributed by atoms with Crippen molar-refractivity contribution in [2.75, 3.05) is 19.7 Å². The Morgan fingerprint density at radius 3 is 2.28 bits per heavy atom. The summed E-state index contributed by atoms with van der Waals surface area (Å²) in [6, 6.07) is 5.90. The standard InChI is InChI=1S/C23H33NO5/c1-6-16-8-9-17(7-2)19(14-16)20(25)15-28-21(26)18-10-12-24(13-11-18)22(27)29-23(3,4)5/h8-9,14,18H,6-7,10-13,15H2,1-5H3. The number of hydrogen-bond donors (Lipinski definition) is 0. The molecule has 0 atom stereocenters. The van der Waals surface area contributed by atoms with E-state index in [0.29, 0.717) is 31.5 Å². The van der Waals surface area contributed by atoms with Gasteiger partial charge in [-0.2, -0.15) is 0 Å². The number of hydrogen-bond acceptors (Lipinski definition) is 5. The number of amides is 1. The molecule has 6 nitrogen and oxygen atoms in total. The number of benzene rings is 1.